The van der Waals surface area contributed by atoms with Gasteiger partial charge in [-0.2, -0.15) is 0 Å². The summed E-state index contributed by atoms with van der Waals surface area (Å²) in [6.45, 7) is 4.15. The van der Waals surface area contributed by atoms with E-state index in [4.69, 9.17) is 11.1 Å². The maximum Gasteiger partial charge on any atom is 0.225 e. The normalized spacial score (nSPS) is 19.2. The van der Waals surface area contributed by atoms with E-state index in [0.29, 0.717) is 17.6 Å². The van der Waals surface area contributed by atoms with Crippen molar-refractivity contribution in [3.8, 4) is 0 Å². The summed E-state index contributed by atoms with van der Waals surface area (Å²) in [5.41, 5.74) is 8.29. The molecule has 2 aliphatic heterocycles. The molecule has 2 fully saturated rings. The van der Waals surface area contributed by atoms with Crippen molar-refractivity contribution in [2.45, 2.75) is 32.2 Å². The molecule has 0 radical (unpaired) electrons. The average Bonchev–Trinajstić information content (AvgIpc) is 3.21. The second kappa shape index (κ2) is 8.95. The van der Waals surface area contributed by atoms with Crippen LogP contribution in [0.25, 0.3) is 0 Å². The number of hydrogen-bond donors (Lipinski definition) is 2. The highest BCUT2D eigenvalue weighted by Gasteiger charge is 2.32. The molecule has 4 heterocycles. The van der Waals surface area contributed by atoms with Crippen LogP contribution in [0.5, 0.6) is 0 Å². The first-order valence-electron chi connectivity index (χ1n) is 10.8. The molecule has 0 bridgehead atoms. The largest absolute Gasteiger partial charge is 0.368 e. The molecule has 2 aliphatic rings. The monoisotopic (exact) mass is 409 g/mol. The first-order valence-corrected chi connectivity index (χ1v) is 10.8. The second-order valence-electron chi connectivity index (χ2n) is 8.52. The smallest absolute Gasteiger partial charge is 0.225 e. The van der Waals surface area contributed by atoms with Crippen molar-refractivity contribution >= 4 is 17.6 Å². The van der Waals surface area contributed by atoms with Gasteiger partial charge in [-0.1, -0.05) is 0 Å². The quantitative estimate of drug-likeness (QED) is 0.734. The minimum Gasteiger partial charge on any atom is -0.368 e. The molecule has 30 heavy (non-hydrogen) atoms. The summed E-state index contributed by atoms with van der Waals surface area (Å²) in [4.78, 5) is 25.5. The van der Waals surface area contributed by atoms with E-state index in [1.807, 2.05) is 34.8 Å². The van der Waals surface area contributed by atoms with Crippen molar-refractivity contribution in [1.82, 2.24) is 24.3 Å². The molecule has 0 spiro atoms. The Morgan fingerprint density at radius 2 is 1.73 bits per heavy atom. The number of carbonyl (C=O) groups excluding carboxylic acids is 1. The number of aromatic nitrogens is 3. The van der Waals surface area contributed by atoms with Crippen LogP contribution in [0.2, 0.25) is 0 Å². The van der Waals surface area contributed by atoms with E-state index in [0.717, 1.165) is 69.7 Å². The standard InChI is InChI=1S/C22H31N7O/c1-27-8-2-3-19(27)20(23)17-6-11-29(12-7-17)21(30)18-4-9-28(10-5-18)15-16-13-25-22(24)26-14-16/h2-3,8,13-14,17-18,23H,4-7,9-12,15H2,1H3,(H2,24,25,26). The number of nitrogens with one attached hydrogen (secondary N) is 1. The summed E-state index contributed by atoms with van der Waals surface area (Å²) in [7, 11) is 1.98. The van der Waals surface area contributed by atoms with Gasteiger partial charge >= 0.3 is 0 Å². The Morgan fingerprint density at radius 3 is 2.33 bits per heavy atom. The molecule has 2 saturated heterocycles. The van der Waals surface area contributed by atoms with Gasteiger partial charge in [0.1, 0.15) is 0 Å². The lowest BCUT2D eigenvalue weighted by Crippen LogP contribution is -2.46. The number of aryl methyl sites for hydroxylation is 1. The van der Waals surface area contributed by atoms with Crippen LogP contribution in [0.4, 0.5) is 5.95 Å². The first-order chi connectivity index (χ1) is 14.5. The molecular formula is C22H31N7O. The van der Waals surface area contributed by atoms with Crippen LogP contribution in [0.3, 0.4) is 0 Å². The Balaban J connectivity index is 1.23. The number of nitrogen functional groups attached to an aromatic ring is 1. The zero-order valence-corrected chi connectivity index (χ0v) is 17.6. The molecule has 1 amide bonds. The summed E-state index contributed by atoms with van der Waals surface area (Å²) in [5.74, 6) is 0.958. The van der Waals surface area contributed by atoms with Crippen molar-refractivity contribution in [3.05, 3.63) is 42.0 Å². The number of rotatable bonds is 5. The van der Waals surface area contributed by atoms with E-state index in [9.17, 15) is 4.79 Å². The summed E-state index contributed by atoms with van der Waals surface area (Å²) in [6.07, 6.45) is 9.08. The number of carbonyl (C=O) groups is 1. The molecule has 0 unspecified atom stereocenters. The van der Waals surface area contributed by atoms with Gasteiger partial charge in [-0.05, 0) is 50.9 Å². The van der Waals surface area contributed by atoms with E-state index in [-0.39, 0.29) is 11.8 Å². The molecule has 4 rings (SSSR count). The number of likely N-dealkylation sites (tertiary alicyclic amines) is 2. The fourth-order valence-corrected chi connectivity index (χ4v) is 4.64. The highest BCUT2D eigenvalue weighted by molar-refractivity contribution is 5.98. The maximum absolute atomic E-state index is 13.0. The Bertz CT molecular complexity index is 875. The summed E-state index contributed by atoms with van der Waals surface area (Å²) < 4.78 is 2.00. The highest BCUT2D eigenvalue weighted by atomic mass is 16.2. The molecule has 0 saturated carbocycles. The van der Waals surface area contributed by atoms with Crippen LogP contribution in [0.1, 0.15) is 36.9 Å². The fourth-order valence-electron chi connectivity index (χ4n) is 4.64. The van der Waals surface area contributed by atoms with Crippen LogP contribution in [-0.4, -0.2) is 62.1 Å². The number of anilines is 1. The Labute approximate surface area is 177 Å². The molecule has 160 valence electrons. The van der Waals surface area contributed by atoms with E-state index < -0.39 is 0 Å². The lowest BCUT2D eigenvalue weighted by molar-refractivity contribution is -0.138. The van der Waals surface area contributed by atoms with Crippen LogP contribution in [0.15, 0.2) is 30.7 Å². The molecule has 3 N–H and O–H groups in total. The Kier molecular flexibility index (Phi) is 6.13. The molecule has 0 atom stereocenters. The zero-order chi connectivity index (χ0) is 21.1. The molecule has 0 aliphatic carbocycles. The summed E-state index contributed by atoms with van der Waals surface area (Å²) in [5, 5.41) is 8.53. The number of piperidine rings is 2. The lowest BCUT2D eigenvalue weighted by Gasteiger charge is -2.37. The number of amides is 1. The SMILES string of the molecule is Cn1cccc1C(=N)C1CCN(C(=O)C2CCN(Cc3cnc(N)nc3)CC2)CC1. The third kappa shape index (κ3) is 4.53. The van der Waals surface area contributed by atoms with Gasteiger partial charge < -0.3 is 20.6 Å². The van der Waals surface area contributed by atoms with Crippen LogP contribution >= 0.6 is 0 Å². The van der Waals surface area contributed by atoms with Gasteiger partial charge in [0.25, 0.3) is 0 Å². The van der Waals surface area contributed by atoms with E-state index in [2.05, 4.69) is 14.9 Å². The van der Waals surface area contributed by atoms with Gasteiger partial charge in [0, 0.05) is 62.7 Å². The Morgan fingerprint density at radius 1 is 1.10 bits per heavy atom. The van der Waals surface area contributed by atoms with Gasteiger partial charge in [0.2, 0.25) is 11.9 Å². The molecular weight excluding hydrogens is 378 g/mol. The predicted molar refractivity (Wildman–Crippen MR) is 116 cm³/mol. The molecule has 2 aromatic rings. The minimum absolute atomic E-state index is 0.118. The van der Waals surface area contributed by atoms with E-state index in [1.165, 1.54) is 0 Å². The highest BCUT2D eigenvalue weighted by Crippen LogP contribution is 2.26. The first kappa shape index (κ1) is 20.5. The number of hydrogen-bond acceptors (Lipinski definition) is 6. The number of nitrogens with two attached hydrogens (primary N) is 1. The minimum atomic E-state index is 0.118. The van der Waals surface area contributed by atoms with Crippen molar-refractivity contribution in [3.63, 3.8) is 0 Å². The van der Waals surface area contributed by atoms with Crippen molar-refractivity contribution in [1.29, 1.82) is 5.41 Å². The third-order valence-corrected chi connectivity index (χ3v) is 6.50. The van der Waals surface area contributed by atoms with Gasteiger partial charge in [0.15, 0.2) is 0 Å². The molecule has 2 aromatic heterocycles. The maximum atomic E-state index is 13.0. The van der Waals surface area contributed by atoms with E-state index >= 15 is 0 Å². The average molecular weight is 410 g/mol. The molecule has 8 nitrogen and oxygen atoms in total. The van der Waals surface area contributed by atoms with Crippen molar-refractivity contribution in [2.75, 3.05) is 31.9 Å². The molecule has 0 aromatic carbocycles. The van der Waals surface area contributed by atoms with Gasteiger partial charge in [0.05, 0.1) is 11.4 Å². The summed E-state index contributed by atoms with van der Waals surface area (Å²) >= 11 is 0. The van der Waals surface area contributed by atoms with E-state index in [1.54, 1.807) is 12.4 Å². The second-order valence-corrected chi connectivity index (χ2v) is 8.52. The van der Waals surface area contributed by atoms with Crippen molar-refractivity contribution in [2.24, 2.45) is 18.9 Å². The van der Waals surface area contributed by atoms with Gasteiger partial charge in [-0.25, -0.2) is 9.97 Å². The van der Waals surface area contributed by atoms with Gasteiger partial charge in [-0.3, -0.25) is 9.69 Å². The fraction of sp³-hybridized carbons (Fsp3) is 0.545. The number of nitrogens with zero attached hydrogens (tertiary/aromatic N) is 5. The van der Waals surface area contributed by atoms with Gasteiger partial charge in [-0.15, -0.1) is 0 Å². The Hall–Kier alpha value is -2.74. The van der Waals surface area contributed by atoms with Crippen LogP contribution in [0, 0.1) is 17.2 Å². The summed E-state index contributed by atoms with van der Waals surface area (Å²) in [6, 6.07) is 3.99. The zero-order valence-electron chi connectivity index (χ0n) is 17.6. The topological polar surface area (TPSA) is 104 Å². The van der Waals surface area contributed by atoms with Crippen LogP contribution < -0.4 is 5.73 Å². The molecule has 8 heteroatoms. The lowest BCUT2D eigenvalue weighted by atomic mass is 9.88. The van der Waals surface area contributed by atoms with Crippen molar-refractivity contribution < 1.29 is 4.79 Å². The predicted octanol–water partition coefficient (Wildman–Crippen LogP) is 1.92. The third-order valence-electron chi connectivity index (χ3n) is 6.50. The van der Waals surface area contributed by atoms with Crippen LogP contribution in [-0.2, 0) is 18.4 Å².